The van der Waals surface area contributed by atoms with E-state index in [4.69, 9.17) is 4.74 Å². The maximum Gasteiger partial charge on any atom is 0.241 e. The van der Waals surface area contributed by atoms with Gasteiger partial charge in [0.05, 0.1) is 6.61 Å². The van der Waals surface area contributed by atoms with Crippen molar-refractivity contribution in [2.24, 2.45) is 10.9 Å². The number of nitrogens with zero attached hydrogens (tertiary/aromatic N) is 2. The first-order valence-electron chi connectivity index (χ1n) is 9.07. The summed E-state index contributed by atoms with van der Waals surface area (Å²) in [6.07, 6.45) is 1.92. The molecular formula is C19H31IN4O2. The molecule has 0 aromatic heterocycles. The van der Waals surface area contributed by atoms with Gasteiger partial charge in [-0.05, 0) is 25.3 Å². The minimum Gasteiger partial charge on any atom is -0.381 e. The van der Waals surface area contributed by atoms with Crippen molar-refractivity contribution in [3.63, 3.8) is 0 Å². The third-order valence-corrected chi connectivity index (χ3v) is 4.20. The topological polar surface area (TPSA) is 66.0 Å². The fourth-order valence-corrected chi connectivity index (χ4v) is 2.86. The Balaban J connectivity index is 0.00000338. The lowest BCUT2D eigenvalue weighted by Gasteiger charge is -2.24. The molecule has 1 aromatic rings. The summed E-state index contributed by atoms with van der Waals surface area (Å²) in [5.74, 6) is 1.25. The zero-order valence-electron chi connectivity index (χ0n) is 15.7. The number of carbonyl (C=O) groups is 1. The summed E-state index contributed by atoms with van der Waals surface area (Å²) < 4.78 is 5.43. The Kier molecular flexibility index (Phi) is 11.3. The number of guanidine groups is 1. The summed E-state index contributed by atoms with van der Waals surface area (Å²) in [4.78, 5) is 18.6. The van der Waals surface area contributed by atoms with Crippen molar-refractivity contribution in [1.82, 2.24) is 15.5 Å². The van der Waals surface area contributed by atoms with Gasteiger partial charge in [0.2, 0.25) is 5.91 Å². The second-order valence-electron chi connectivity index (χ2n) is 6.37. The van der Waals surface area contributed by atoms with Gasteiger partial charge < -0.3 is 20.3 Å². The number of halogens is 1. The Morgan fingerprint density at radius 2 is 2.08 bits per heavy atom. The molecule has 1 aromatic carbocycles. The number of carbonyl (C=O) groups excluding carboxylic acids is 1. The van der Waals surface area contributed by atoms with Gasteiger partial charge >= 0.3 is 0 Å². The third kappa shape index (κ3) is 8.35. The summed E-state index contributed by atoms with van der Waals surface area (Å²) in [5, 5.41) is 6.18. The van der Waals surface area contributed by atoms with Crippen molar-refractivity contribution in [3.05, 3.63) is 35.9 Å². The molecule has 2 N–H and O–H groups in total. The van der Waals surface area contributed by atoms with E-state index in [1.807, 2.05) is 32.2 Å². The zero-order chi connectivity index (χ0) is 17.9. The van der Waals surface area contributed by atoms with Gasteiger partial charge in [-0.2, -0.15) is 0 Å². The summed E-state index contributed by atoms with van der Waals surface area (Å²) >= 11 is 0. The molecule has 1 amide bonds. The van der Waals surface area contributed by atoms with Gasteiger partial charge in [-0.1, -0.05) is 30.3 Å². The van der Waals surface area contributed by atoms with E-state index in [0.717, 1.165) is 45.1 Å². The minimum atomic E-state index is -0.0519. The third-order valence-electron chi connectivity index (χ3n) is 4.20. The quantitative estimate of drug-likeness (QED) is 0.343. The van der Waals surface area contributed by atoms with E-state index in [0.29, 0.717) is 12.5 Å². The van der Waals surface area contributed by atoms with E-state index in [2.05, 4.69) is 32.7 Å². The monoisotopic (exact) mass is 474 g/mol. The van der Waals surface area contributed by atoms with Crippen LogP contribution in [0, 0.1) is 5.92 Å². The summed E-state index contributed by atoms with van der Waals surface area (Å²) in [7, 11) is 2.01. The highest BCUT2D eigenvalue weighted by Gasteiger charge is 2.19. The van der Waals surface area contributed by atoms with Gasteiger partial charge in [0.15, 0.2) is 5.96 Å². The fraction of sp³-hybridized carbons (Fsp3) is 0.579. The predicted octanol–water partition coefficient (Wildman–Crippen LogP) is 1.90. The lowest BCUT2D eigenvalue weighted by molar-refractivity contribution is -0.119. The van der Waals surface area contributed by atoms with Crippen LogP contribution in [0.15, 0.2) is 35.3 Å². The highest BCUT2D eigenvalue weighted by molar-refractivity contribution is 14.0. The van der Waals surface area contributed by atoms with Crippen LogP contribution < -0.4 is 10.6 Å². The zero-order valence-corrected chi connectivity index (χ0v) is 18.1. The largest absolute Gasteiger partial charge is 0.381 e. The van der Waals surface area contributed by atoms with Crippen molar-refractivity contribution < 1.29 is 9.53 Å². The van der Waals surface area contributed by atoms with Crippen LogP contribution in [0.2, 0.25) is 0 Å². The smallest absolute Gasteiger partial charge is 0.241 e. The second-order valence-corrected chi connectivity index (χ2v) is 6.37. The van der Waals surface area contributed by atoms with E-state index < -0.39 is 0 Å². The van der Waals surface area contributed by atoms with Gasteiger partial charge in [-0.3, -0.25) is 4.79 Å². The maximum absolute atomic E-state index is 12.0. The van der Waals surface area contributed by atoms with Gasteiger partial charge in [0.1, 0.15) is 6.54 Å². The maximum atomic E-state index is 12.0. The van der Waals surface area contributed by atoms with Gasteiger partial charge in [-0.25, -0.2) is 4.99 Å². The second kappa shape index (κ2) is 12.9. The van der Waals surface area contributed by atoms with Crippen LogP contribution in [-0.2, 0) is 16.0 Å². The van der Waals surface area contributed by atoms with Crippen LogP contribution in [0.3, 0.4) is 0 Å². The molecule has 2 rings (SSSR count). The molecule has 1 fully saturated rings. The molecular weight excluding hydrogens is 443 g/mol. The fourth-order valence-electron chi connectivity index (χ4n) is 2.86. The molecule has 0 bridgehead atoms. The van der Waals surface area contributed by atoms with Crippen LogP contribution in [0.4, 0.5) is 0 Å². The molecule has 0 aliphatic carbocycles. The standard InChI is InChI=1S/C19H30N4O2.HI/c1-3-20-19(23(2)14-17-10-12-25-15-17)22-13-18(24)21-11-9-16-7-5-4-6-8-16;/h4-8,17H,3,9-15H2,1-2H3,(H,20,22)(H,21,24);1H. The van der Waals surface area contributed by atoms with Crippen molar-refractivity contribution in [1.29, 1.82) is 0 Å². The van der Waals surface area contributed by atoms with Crippen LogP contribution in [-0.4, -0.2) is 63.2 Å². The van der Waals surface area contributed by atoms with Gasteiger partial charge in [0, 0.05) is 39.2 Å². The minimum absolute atomic E-state index is 0. The van der Waals surface area contributed by atoms with E-state index >= 15 is 0 Å². The Labute approximate surface area is 173 Å². The van der Waals surface area contributed by atoms with Crippen LogP contribution >= 0.6 is 24.0 Å². The van der Waals surface area contributed by atoms with Crippen LogP contribution in [0.25, 0.3) is 0 Å². The van der Waals surface area contributed by atoms with Gasteiger partial charge in [0.25, 0.3) is 0 Å². The summed E-state index contributed by atoms with van der Waals surface area (Å²) in [6, 6.07) is 10.1. The first-order valence-corrected chi connectivity index (χ1v) is 9.07. The molecule has 1 atom stereocenters. The van der Waals surface area contributed by atoms with E-state index in [1.165, 1.54) is 5.56 Å². The lowest BCUT2D eigenvalue weighted by Crippen LogP contribution is -2.42. The van der Waals surface area contributed by atoms with E-state index in [9.17, 15) is 4.79 Å². The van der Waals surface area contributed by atoms with Crippen LogP contribution in [0.1, 0.15) is 18.9 Å². The number of rotatable bonds is 8. The normalized spacial score (nSPS) is 16.7. The number of ether oxygens (including phenoxy) is 1. The Morgan fingerprint density at radius 1 is 1.31 bits per heavy atom. The molecule has 0 radical (unpaired) electrons. The number of hydrogen-bond acceptors (Lipinski definition) is 3. The molecule has 1 saturated heterocycles. The van der Waals surface area contributed by atoms with Crippen molar-refractivity contribution in [2.45, 2.75) is 19.8 Å². The molecule has 1 heterocycles. The van der Waals surface area contributed by atoms with Crippen LogP contribution in [0.5, 0.6) is 0 Å². The van der Waals surface area contributed by atoms with Gasteiger partial charge in [-0.15, -0.1) is 24.0 Å². The SMILES string of the molecule is CCNC(=NCC(=O)NCCc1ccccc1)N(C)CC1CCOC1.I. The molecule has 1 unspecified atom stereocenters. The number of hydrogen-bond donors (Lipinski definition) is 2. The molecule has 1 aliphatic rings. The average Bonchev–Trinajstić information content (AvgIpc) is 3.12. The number of nitrogens with one attached hydrogen (secondary N) is 2. The lowest BCUT2D eigenvalue weighted by atomic mass is 10.1. The number of amides is 1. The van der Waals surface area contributed by atoms with Crippen molar-refractivity contribution in [3.8, 4) is 0 Å². The first kappa shape index (κ1) is 22.7. The van der Waals surface area contributed by atoms with Crippen molar-refractivity contribution >= 4 is 35.8 Å². The number of aliphatic imine (C=N–C) groups is 1. The van der Waals surface area contributed by atoms with Crippen molar-refractivity contribution in [2.75, 3.05) is 46.4 Å². The highest BCUT2D eigenvalue weighted by atomic mass is 127. The highest BCUT2D eigenvalue weighted by Crippen LogP contribution is 2.13. The predicted molar refractivity (Wildman–Crippen MR) is 116 cm³/mol. The Hall–Kier alpha value is -1.35. The summed E-state index contributed by atoms with van der Waals surface area (Å²) in [6.45, 7) is 6.12. The molecule has 26 heavy (non-hydrogen) atoms. The molecule has 1 aliphatic heterocycles. The molecule has 0 spiro atoms. The molecule has 146 valence electrons. The number of benzene rings is 1. The van der Waals surface area contributed by atoms with E-state index in [-0.39, 0.29) is 36.4 Å². The molecule has 6 nitrogen and oxygen atoms in total. The molecule has 7 heteroatoms. The Bertz CT molecular complexity index is 548. The van der Waals surface area contributed by atoms with E-state index in [1.54, 1.807) is 0 Å². The molecule has 0 saturated carbocycles. The average molecular weight is 474 g/mol. The Morgan fingerprint density at radius 3 is 2.73 bits per heavy atom. The summed E-state index contributed by atoms with van der Waals surface area (Å²) in [5.41, 5.74) is 1.22. The first-order chi connectivity index (χ1) is 12.2.